The minimum absolute atomic E-state index is 0.0344. The van der Waals surface area contributed by atoms with Crippen LogP contribution in [0.5, 0.6) is 0 Å². The number of halogens is 2. The molecule has 9 heteroatoms. The number of amides is 1. The molecule has 0 atom stereocenters. The molecule has 3 rings (SSSR count). The summed E-state index contributed by atoms with van der Waals surface area (Å²) >= 11 is 7.06. The number of hydrogen-bond acceptors (Lipinski definition) is 5. The number of thioether (sulfide) groups is 1. The number of rotatable bonds is 9. The van der Waals surface area contributed by atoms with Gasteiger partial charge in [-0.25, -0.2) is 4.39 Å². The Morgan fingerprint density at radius 2 is 1.84 bits per heavy atom. The van der Waals surface area contributed by atoms with Crippen LogP contribution in [-0.2, 0) is 11.3 Å². The van der Waals surface area contributed by atoms with E-state index < -0.39 is 5.82 Å². The number of carbonyl (C=O) groups is 1. The van der Waals surface area contributed by atoms with Crippen molar-refractivity contribution in [3.63, 3.8) is 0 Å². The molecule has 1 aromatic heterocycles. The van der Waals surface area contributed by atoms with Gasteiger partial charge < -0.3 is 14.8 Å². The van der Waals surface area contributed by atoms with E-state index in [9.17, 15) is 9.18 Å². The van der Waals surface area contributed by atoms with Crippen LogP contribution < -0.4 is 10.2 Å². The first-order chi connectivity index (χ1) is 15.0. The Kier molecular flexibility index (Phi) is 7.92. The van der Waals surface area contributed by atoms with Crippen molar-refractivity contribution in [1.82, 2.24) is 14.8 Å². The van der Waals surface area contributed by atoms with Crippen molar-refractivity contribution in [3.8, 4) is 11.4 Å². The van der Waals surface area contributed by atoms with E-state index in [0.29, 0.717) is 17.4 Å². The number of nitrogens with one attached hydrogen (secondary N) is 1. The fraction of sp³-hybridized carbons (Fsp3) is 0.318. The van der Waals surface area contributed by atoms with Crippen LogP contribution in [0.15, 0.2) is 47.6 Å². The van der Waals surface area contributed by atoms with E-state index in [-0.39, 0.29) is 16.7 Å². The van der Waals surface area contributed by atoms with Gasteiger partial charge >= 0.3 is 0 Å². The molecule has 0 saturated carbocycles. The van der Waals surface area contributed by atoms with Gasteiger partial charge in [0.1, 0.15) is 5.82 Å². The van der Waals surface area contributed by atoms with Crippen molar-refractivity contribution >= 4 is 40.6 Å². The molecule has 31 heavy (non-hydrogen) atoms. The predicted molar refractivity (Wildman–Crippen MR) is 125 cm³/mol. The summed E-state index contributed by atoms with van der Waals surface area (Å²) in [5.41, 5.74) is 2.59. The summed E-state index contributed by atoms with van der Waals surface area (Å²) in [5, 5.41) is 12.0. The molecule has 0 spiro atoms. The van der Waals surface area contributed by atoms with Crippen molar-refractivity contribution in [3.05, 3.63) is 53.3 Å². The highest BCUT2D eigenvalue weighted by molar-refractivity contribution is 7.99. The molecule has 0 aliphatic rings. The van der Waals surface area contributed by atoms with Crippen LogP contribution >= 0.6 is 23.4 Å². The van der Waals surface area contributed by atoms with E-state index in [1.807, 2.05) is 23.6 Å². The van der Waals surface area contributed by atoms with E-state index in [0.717, 1.165) is 24.5 Å². The Morgan fingerprint density at radius 3 is 2.45 bits per heavy atom. The molecule has 6 nitrogen and oxygen atoms in total. The SMILES string of the molecule is CCN(CC)c1ccc(-c2nnc(SCC(=O)Nc3ccc(F)c(Cl)c3)n2CC)cc1. The first kappa shape index (κ1) is 23.1. The highest BCUT2D eigenvalue weighted by Gasteiger charge is 2.15. The molecule has 0 unspecified atom stereocenters. The molecule has 1 heterocycles. The highest BCUT2D eigenvalue weighted by atomic mass is 35.5. The van der Waals surface area contributed by atoms with Gasteiger partial charge in [-0.3, -0.25) is 4.79 Å². The topological polar surface area (TPSA) is 63.1 Å². The maximum atomic E-state index is 13.3. The fourth-order valence-corrected chi connectivity index (χ4v) is 4.19. The Balaban J connectivity index is 1.68. The van der Waals surface area contributed by atoms with E-state index in [1.54, 1.807) is 0 Å². The van der Waals surface area contributed by atoms with Gasteiger partial charge in [-0.05, 0) is 63.2 Å². The average molecular weight is 462 g/mol. The molecule has 1 amide bonds. The number of hydrogen-bond donors (Lipinski definition) is 1. The zero-order valence-corrected chi connectivity index (χ0v) is 19.3. The van der Waals surface area contributed by atoms with Gasteiger partial charge in [-0.2, -0.15) is 0 Å². The predicted octanol–water partition coefficient (Wildman–Crippen LogP) is 5.33. The quantitative estimate of drug-likeness (QED) is 0.436. The van der Waals surface area contributed by atoms with Crippen molar-refractivity contribution in [2.24, 2.45) is 0 Å². The number of benzene rings is 2. The summed E-state index contributed by atoms with van der Waals surface area (Å²) in [7, 11) is 0. The van der Waals surface area contributed by atoms with Gasteiger partial charge in [0.25, 0.3) is 0 Å². The van der Waals surface area contributed by atoms with Crippen LogP contribution in [0.25, 0.3) is 11.4 Å². The van der Waals surface area contributed by atoms with Gasteiger partial charge in [0, 0.05) is 36.6 Å². The third kappa shape index (κ3) is 5.57. The molecular weight excluding hydrogens is 437 g/mol. The van der Waals surface area contributed by atoms with Crippen LogP contribution in [0.1, 0.15) is 20.8 Å². The summed E-state index contributed by atoms with van der Waals surface area (Å²) in [5.74, 6) is 0.154. The normalized spacial score (nSPS) is 10.9. The zero-order valence-electron chi connectivity index (χ0n) is 17.7. The van der Waals surface area contributed by atoms with Crippen LogP contribution in [0.2, 0.25) is 5.02 Å². The Morgan fingerprint density at radius 1 is 1.13 bits per heavy atom. The van der Waals surface area contributed by atoms with E-state index in [2.05, 4.69) is 46.4 Å². The van der Waals surface area contributed by atoms with Gasteiger partial charge in [0.15, 0.2) is 11.0 Å². The molecule has 0 aliphatic carbocycles. The Hall–Kier alpha value is -2.58. The maximum Gasteiger partial charge on any atom is 0.234 e. The number of carbonyl (C=O) groups excluding carboxylic acids is 1. The summed E-state index contributed by atoms with van der Waals surface area (Å²) in [6.07, 6.45) is 0. The molecule has 0 aliphatic heterocycles. The second-order valence-electron chi connectivity index (χ2n) is 6.74. The fourth-order valence-electron chi connectivity index (χ4n) is 3.21. The van der Waals surface area contributed by atoms with Crippen LogP contribution in [0.4, 0.5) is 15.8 Å². The molecule has 0 fully saturated rings. The van der Waals surface area contributed by atoms with Gasteiger partial charge in [0.05, 0.1) is 10.8 Å². The van der Waals surface area contributed by atoms with Gasteiger partial charge in [-0.15, -0.1) is 10.2 Å². The maximum absolute atomic E-state index is 13.3. The second-order valence-corrected chi connectivity index (χ2v) is 8.09. The standard InChI is InChI=1S/C22H25ClFN5OS/c1-4-28(5-2)17-10-7-15(8-11-17)21-26-27-22(29(21)6-3)31-14-20(30)25-16-9-12-19(24)18(23)13-16/h7-13H,4-6,14H2,1-3H3,(H,25,30). The summed E-state index contributed by atoms with van der Waals surface area (Å²) < 4.78 is 15.2. The first-order valence-corrected chi connectivity index (χ1v) is 11.5. The third-order valence-corrected chi connectivity index (χ3v) is 6.08. The second kappa shape index (κ2) is 10.6. The molecular formula is C22H25ClFN5OS. The lowest BCUT2D eigenvalue weighted by molar-refractivity contribution is -0.113. The lowest BCUT2D eigenvalue weighted by atomic mass is 10.2. The molecule has 2 aromatic carbocycles. The van der Waals surface area contributed by atoms with Crippen LogP contribution in [-0.4, -0.2) is 39.5 Å². The first-order valence-electron chi connectivity index (χ1n) is 10.1. The van der Waals surface area contributed by atoms with E-state index in [1.165, 1.54) is 35.6 Å². The minimum atomic E-state index is -0.525. The number of anilines is 2. The summed E-state index contributed by atoms with van der Waals surface area (Å²) in [6, 6.07) is 12.3. The van der Waals surface area contributed by atoms with Crippen LogP contribution in [0, 0.1) is 5.82 Å². The lowest BCUT2D eigenvalue weighted by Crippen LogP contribution is -2.21. The Bertz CT molecular complexity index is 1040. The van der Waals surface area contributed by atoms with E-state index in [4.69, 9.17) is 11.6 Å². The monoisotopic (exact) mass is 461 g/mol. The molecule has 1 N–H and O–H groups in total. The van der Waals surface area contributed by atoms with Gasteiger partial charge in [-0.1, -0.05) is 23.4 Å². The molecule has 164 valence electrons. The van der Waals surface area contributed by atoms with Crippen LogP contribution in [0.3, 0.4) is 0 Å². The minimum Gasteiger partial charge on any atom is -0.372 e. The highest BCUT2D eigenvalue weighted by Crippen LogP contribution is 2.26. The zero-order chi connectivity index (χ0) is 22.4. The van der Waals surface area contributed by atoms with Crippen molar-refractivity contribution < 1.29 is 9.18 Å². The molecule has 0 bridgehead atoms. The molecule has 3 aromatic rings. The largest absolute Gasteiger partial charge is 0.372 e. The molecule has 0 radical (unpaired) electrons. The smallest absolute Gasteiger partial charge is 0.234 e. The Labute approximate surface area is 190 Å². The van der Waals surface area contributed by atoms with Crippen molar-refractivity contribution in [2.75, 3.05) is 29.1 Å². The third-order valence-electron chi connectivity index (χ3n) is 4.82. The average Bonchev–Trinajstić information content (AvgIpc) is 3.19. The number of nitrogens with zero attached hydrogens (tertiary/aromatic N) is 4. The lowest BCUT2D eigenvalue weighted by Gasteiger charge is -2.21. The van der Waals surface area contributed by atoms with Gasteiger partial charge in [0.2, 0.25) is 5.91 Å². The summed E-state index contributed by atoms with van der Waals surface area (Å²) in [4.78, 5) is 14.6. The summed E-state index contributed by atoms with van der Waals surface area (Å²) in [6.45, 7) is 8.87. The van der Waals surface area contributed by atoms with E-state index >= 15 is 0 Å². The van der Waals surface area contributed by atoms with Crippen molar-refractivity contribution in [1.29, 1.82) is 0 Å². The van der Waals surface area contributed by atoms with Crippen molar-refractivity contribution in [2.45, 2.75) is 32.5 Å². The number of aromatic nitrogens is 3. The molecule has 0 saturated heterocycles.